The molecule has 1 aliphatic rings. The van der Waals surface area contributed by atoms with Crippen molar-refractivity contribution < 1.29 is 19.0 Å². The second-order valence-electron chi connectivity index (χ2n) is 10.4. The van der Waals surface area contributed by atoms with Gasteiger partial charge in [-0.1, -0.05) is 83.1 Å². The van der Waals surface area contributed by atoms with E-state index in [2.05, 4.69) is 48.2 Å². The molecule has 1 aliphatic heterocycles. The fourth-order valence-electron chi connectivity index (χ4n) is 5.50. The van der Waals surface area contributed by atoms with Gasteiger partial charge in [0.15, 0.2) is 0 Å². The smallest absolute Gasteiger partial charge is 0.222 e. The number of carbonyl (C=O) groups excluding carboxylic acids is 1. The summed E-state index contributed by atoms with van der Waals surface area (Å²) in [5.74, 6) is 4.10. The number of amides is 1. The monoisotopic (exact) mass is 594 g/mol. The number of carbonyl (C=O) groups is 1. The molecule has 0 saturated carbocycles. The van der Waals surface area contributed by atoms with Crippen LogP contribution in [-0.4, -0.2) is 62.3 Å². The first-order valence-electron chi connectivity index (χ1n) is 14.2. The summed E-state index contributed by atoms with van der Waals surface area (Å²) in [4.78, 5) is 15.4. The number of ether oxygens (including phenoxy) is 3. The van der Waals surface area contributed by atoms with E-state index in [1.54, 1.807) is 35.8 Å². The Morgan fingerprint density at radius 1 is 0.878 bits per heavy atom. The van der Waals surface area contributed by atoms with Gasteiger partial charge < -0.3 is 24.8 Å². The molecule has 0 radical (unpaired) electrons. The molecule has 0 bridgehead atoms. The lowest BCUT2D eigenvalue weighted by molar-refractivity contribution is -0.134. The van der Waals surface area contributed by atoms with E-state index in [4.69, 9.17) is 19.9 Å². The van der Waals surface area contributed by atoms with Gasteiger partial charge in [0.25, 0.3) is 0 Å². The van der Waals surface area contributed by atoms with Crippen molar-refractivity contribution in [3.63, 3.8) is 0 Å². The van der Waals surface area contributed by atoms with Crippen molar-refractivity contribution in [1.29, 1.82) is 0 Å². The van der Waals surface area contributed by atoms with Crippen molar-refractivity contribution in [2.24, 2.45) is 11.7 Å². The molecule has 3 aromatic carbocycles. The van der Waals surface area contributed by atoms with Gasteiger partial charge >= 0.3 is 0 Å². The van der Waals surface area contributed by atoms with Gasteiger partial charge in [0.2, 0.25) is 5.91 Å². The molecule has 0 unspecified atom stereocenters. The van der Waals surface area contributed by atoms with Gasteiger partial charge in [-0.25, -0.2) is 0 Å². The van der Waals surface area contributed by atoms with E-state index in [9.17, 15) is 4.79 Å². The Morgan fingerprint density at radius 2 is 1.44 bits per heavy atom. The highest BCUT2D eigenvalue weighted by Crippen LogP contribution is 2.42. The number of likely N-dealkylation sites (tertiary alicyclic amines) is 1. The second kappa shape index (κ2) is 15.5. The Balaban J connectivity index is 1.63. The Bertz CT molecular complexity index is 1160. The van der Waals surface area contributed by atoms with Crippen molar-refractivity contribution >= 4 is 27.5 Å². The molecule has 220 valence electrons. The van der Waals surface area contributed by atoms with Crippen LogP contribution in [0.4, 0.5) is 0 Å². The van der Waals surface area contributed by atoms with Crippen LogP contribution in [0.15, 0.2) is 78.9 Å². The second-order valence-corrected chi connectivity index (χ2v) is 13.1. The molecule has 0 aliphatic carbocycles. The van der Waals surface area contributed by atoms with E-state index in [0.717, 1.165) is 59.1 Å². The molecule has 1 fully saturated rings. The van der Waals surface area contributed by atoms with E-state index in [-0.39, 0.29) is 11.9 Å². The summed E-state index contributed by atoms with van der Waals surface area (Å²) in [5, 5.41) is 0. The third kappa shape index (κ3) is 7.80. The zero-order chi connectivity index (χ0) is 29.1. The topological polar surface area (TPSA) is 74.0 Å². The average Bonchev–Trinajstić information content (AvgIpc) is 3.40. The van der Waals surface area contributed by atoms with Crippen molar-refractivity contribution in [2.45, 2.75) is 37.8 Å². The fraction of sp³-hybridized carbons (Fsp3) is 0.424. The first kappa shape index (κ1) is 31.3. The van der Waals surface area contributed by atoms with Crippen LogP contribution in [0, 0.1) is 5.92 Å². The van der Waals surface area contributed by atoms with Crippen LogP contribution in [0.3, 0.4) is 0 Å². The highest BCUT2D eigenvalue weighted by Gasteiger charge is 2.41. The van der Waals surface area contributed by atoms with Crippen LogP contribution >= 0.6 is 21.6 Å². The van der Waals surface area contributed by atoms with E-state index in [0.29, 0.717) is 25.5 Å². The molecule has 1 heterocycles. The summed E-state index contributed by atoms with van der Waals surface area (Å²) in [6, 6.07) is 26.5. The summed E-state index contributed by atoms with van der Waals surface area (Å²) < 4.78 is 18.1. The maximum absolute atomic E-state index is 13.4. The molecule has 1 saturated heterocycles. The third-order valence-corrected chi connectivity index (χ3v) is 10.0. The molecule has 6 nitrogen and oxygen atoms in total. The minimum absolute atomic E-state index is 0.0105. The predicted molar refractivity (Wildman–Crippen MR) is 171 cm³/mol. The van der Waals surface area contributed by atoms with Gasteiger partial charge in [-0.05, 0) is 59.7 Å². The zero-order valence-corrected chi connectivity index (χ0v) is 25.9. The number of methoxy groups -OCH3 is 2. The highest BCUT2D eigenvalue weighted by molar-refractivity contribution is 8.76. The number of rotatable bonds is 15. The van der Waals surface area contributed by atoms with Gasteiger partial charge in [-0.15, -0.1) is 0 Å². The maximum Gasteiger partial charge on any atom is 0.222 e. The minimum Gasteiger partial charge on any atom is -0.497 e. The summed E-state index contributed by atoms with van der Waals surface area (Å²) >= 11 is 0. The Morgan fingerprint density at radius 3 is 2.00 bits per heavy atom. The van der Waals surface area contributed by atoms with Crippen molar-refractivity contribution in [1.82, 2.24) is 4.90 Å². The quantitative estimate of drug-likeness (QED) is 0.125. The van der Waals surface area contributed by atoms with Crippen molar-refractivity contribution in [3.05, 3.63) is 95.6 Å². The average molecular weight is 595 g/mol. The first-order valence-corrected chi connectivity index (χ1v) is 16.7. The first-order chi connectivity index (χ1) is 20.0. The van der Waals surface area contributed by atoms with Crippen molar-refractivity contribution in [3.8, 4) is 11.5 Å². The van der Waals surface area contributed by atoms with Crippen molar-refractivity contribution in [2.75, 3.05) is 45.4 Å². The number of hydrogen-bond donors (Lipinski definition) is 1. The van der Waals surface area contributed by atoms with Crippen LogP contribution in [-0.2, 0) is 15.1 Å². The van der Waals surface area contributed by atoms with Gasteiger partial charge in [-0.2, -0.15) is 0 Å². The zero-order valence-electron chi connectivity index (χ0n) is 24.3. The van der Waals surface area contributed by atoms with Crippen LogP contribution in [0.25, 0.3) is 0 Å². The number of hydrogen-bond acceptors (Lipinski definition) is 7. The lowest BCUT2D eigenvalue weighted by Crippen LogP contribution is -2.42. The molecule has 2 atom stereocenters. The highest BCUT2D eigenvalue weighted by atomic mass is 33.1. The Kier molecular flexibility index (Phi) is 11.9. The van der Waals surface area contributed by atoms with E-state index >= 15 is 0 Å². The third-order valence-electron chi connectivity index (χ3n) is 7.51. The van der Waals surface area contributed by atoms with Gasteiger partial charge in [0, 0.05) is 31.0 Å². The van der Waals surface area contributed by atoms with E-state index < -0.39 is 5.60 Å². The molecular formula is C33H42N2O4S2. The Labute approximate surface area is 252 Å². The lowest BCUT2D eigenvalue weighted by Gasteiger charge is -2.38. The van der Waals surface area contributed by atoms with Gasteiger partial charge in [-0.3, -0.25) is 4.79 Å². The molecule has 41 heavy (non-hydrogen) atoms. The van der Waals surface area contributed by atoms with Crippen LogP contribution < -0.4 is 15.2 Å². The van der Waals surface area contributed by atoms with Gasteiger partial charge in [0.1, 0.15) is 17.1 Å². The molecule has 0 aromatic heterocycles. The molecule has 2 N–H and O–H groups in total. The number of benzene rings is 3. The lowest BCUT2D eigenvalue weighted by atomic mass is 9.80. The fourth-order valence-corrected chi connectivity index (χ4v) is 7.45. The standard InChI is InChI=1S/C33H42N2O4S2/c1-25-22-29(35(23-25)32(36)10-7-20-40-41-21-19-34)24-39-33(26-8-5-4-6-9-26,27-11-15-30(37-2)16-12-27)28-13-17-31(38-3)18-14-28/h4-6,8-9,11-18,25,29H,7,10,19-24,34H2,1-3H3/t25-,29+/m1/s1. The number of nitrogens with zero attached hydrogens (tertiary/aromatic N) is 1. The predicted octanol–water partition coefficient (Wildman–Crippen LogP) is 6.37. The molecule has 1 amide bonds. The molecular weight excluding hydrogens is 553 g/mol. The molecule has 3 aromatic rings. The summed E-state index contributed by atoms with van der Waals surface area (Å²) in [6.45, 7) is 4.09. The van der Waals surface area contributed by atoms with E-state index in [1.165, 1.54) is 0 Å². The molecule has 0 spiro atoms. The van der Waals surface area contributed by atoms with Gasteiger partial charge in [0.05, 0.1) is 26.9 Å². The largest absolute Gasteiger partial charge is 0.497 e. The summed E-state index contributed by atoms with van der Waals surface area (Å²) in [6.07, 6.45) is 2.34. The van der Waals surface area contributed by atoms with E-state index in [1.807, 2.05) is 42.5 Å². The summed E-state index contributed by atoms with van der Waals surface area (Å²) in [7, 11) is 6.92. The summed E-state index contributed by atoms with van der Waals surface area (Å²) in [5.41, 5.74) is 7.69. The van der Waals surface area contributed by atoms with Crippen LogP contribution in [0.2, 0.25) is 0 Å². The normalized spacial score (nSPS) is 17.0. The Hall–Kier alpha value is -2.65. The molecule has 8 heteroatoms. The van der Waals surface area contributed by atoms with Crippen LogP contribution in [0.5, 0.6) is 11.5 Å². The molecule has 4 rings (SSSR count). The minimum atomic E-state index is -0.892. The SMILES string of the molecule is COc1ccc(C(OC[C@@H]2C[C@@H](C)CN2C(=O)CCCSSCCN)(c2ccccc2)c2ccc(OC)cc2)cc1. The van der Waals surface area contributed by atoms with Crippen LogP contribution in [0.1, 0.15) is 42.9 Å². The maximum atomic E-state index is 13.4. The number of nitrogens with two attached hydrogens (primary N) is 1.